The van der Waals surface area contributed by atoms with Crippen LogP contribution in [0.5, 0.6) is 0 Å². The number of nitrogens with zero attached hydrogens (tertiary/aromatic N) is 3. The Kier molecular flexibility index (Phi) is 5.96. The third-order valence-electron chi connectivity index (χ3n) is 4.53. The summed E-state index contributed by atoms with van der Waals surface area (Å²) in [5, 5.41) is 2.87. The number of benzene rings is 1. The van der Waals surface area contributed by atoms with Gasteiger partial charge in [-0.05, 0) is 31.2 Å². The topological polar surface area (TPSA) is 65.5 Å². The van der Waals surface area contributed by atoms with Crippen molar-refractivity contribution in [1.82, 2.24) is 20.1 Å². The number of hydrogen-bond acceptors (Lipinski definition) is 4. The van der Waals surface area contributed by atoms with Crippen LogP contribution in [0.4, 0.5) is 0 Å². The van der Waals surface area contributed by atoms with Crippen molar-refractivity contribution in [2.75, 3.05) is 39.8 Å². The molecule has 2 amide bonds. The van der Waals surface area contributed by atoms with Gasteiger partial charge >= 0.3 is 0 Å². The van der Waals surface area contributed by atoms with Gasteiger partial charge in [-0.25, -0.2) is 4.98 Å². The van der Waals surface area contributed by atoms with Crippen molar-refractivity contribution in [2.24, 2.45) is 0 Å². The minimum Gasteiger partial charge on any atom is -0.350 e. The van der Waals surface area contributed by atoms with E-state index in [0.29, 0.717) is 25.3 Å². The summed E-state index contributed by atoms with van der Waals surface area (Å²) in [4.78, 5) is 33.2. The molecule has 1 saturated heterocycles. The van der Waals surface area contributed by atoms with Gasteiger partial charge in [0.25, 0.3) is 11.8 Å². The number of hydrogen-bond donors (Lipinski definition) is 1. The van der Waals surface area contributed by atoms with E-state index in [-0.39, 0.29) is 17.5 Å². The minimum absolute atomic E-state index is 0.114. The normalized spacial score (nSPS) is 14.9. The number of aromatic nitrogens is 1. The lowest BCUT2D eigenvalue weighted by molar-refractivity contribution is 0.0658. The Morgan fingerprint density at radius 1 is 0.962 bits per heavy atom. The number of carbonyl (C=O) groups excluding carboxylic acids is 2. The molecule has 0 saturated carbocycles. The third kappa shape index (κ3) is 4.67. The number of piperazine rings is 1. The SMILES string of the molecule is CN1CCN(C(=O)c2cccc(C(=O)NCCc3ccccc3)n2)CC1. The number of rotatable bonds is 5. The van der Waals surface area contributed by atoms with Crippen molar-refractivity contribution in [2.45, 2.75) is 6.42 Å². The van der Waals surface area contributed by atoms with Gasteiger partial charge < -0.3 is 15.1 Å². The second kappa shape index (κ2) is 8.58. The van der Waals surface area contributed by atoms with Crippen LogP contribution in [0, 0.1) is 0 Å². The van der Waals surface area contributed by atoms with Crippen LogP contribution in [0.1, 0.15) is 26.5 Å². The van der Waals surface area contributed by atoms with Crippen molar-refractivity contribution in [3.8, 4) is 0 Å². The van der Waals surface area contributed by atoms with Crippen molar-refractivity contribution in [3.05, 3.63) is 65.5 Å². The molecule has 2 heterocycles. The summed E-state index contributed by atoms with van der Waals surface area (Å²) in [6, 6.07) is 15.0. The highest BCUT2D eigenvalue weighted by molar-refractivity contribution is 5.96. The first-order chi connectivity index (χ1) is 12.6. The van der Waals surface area contributed by atoms with Gasteiger partial charge in [-0.2, -0.15) is 0 Å². The standard InChI is InChI=1S/C20H24N4O2/c1-23-12-14-24(15-13-23)20(26)18-9-5-8-17(22-18)19(25)21-11-10-16-6-3-2-4-7-16/h2-9H,10-15H2,1H3,(H,21,25). The van der Waals surface area contributed by atoms with E-state index >= 15 is 0 Å². The van der Waals surface area contributed by atoms with E-state index in [1.165, 1.54) is 5.56 Å². The smallest absolute Gasteiger partial charge is 0.272 e. The van der Waals surface area contributed by atoms with E-state index in [4.69, 9.17) is 0 Å². The summed E-state index contributed by atoms with van der Waals surface area (Å²) in [7, 11) is 2.04. The molecule has 0 atom stereocenters. The van der Waals surface area contributed by atoms with Gasteiger partial charge in [0.05, 0.1) is 0 Å². The lowest BCUT2D eigenvalue weighted by Crippen LogP contribution is -2.47. The highest BCUT2D eigenvalue weighted by atomic mass is 16.2. The molecule has 26 heavy (non-hydrogen) atoms. The van der Waals surface area contributed by atoms with Crippen LogP contribution in [0.2, 0.25) is 0 Å². The van der Waals surface area contributed by atoms with Gasteiger partial charge in [0.1, 0.15) is 11.4 Å². The number of amides is 2. The van der Waals surface area contributed by atoms with E-state index in [9.17, 15) is 9.59 Å². The zero-order valence-electron chi connectivity index (χ0n) is 15.0. The molecule has 0 spiro atoms. The summed E-state index contributed by atoms with van der Waals surface area (Å²) in [5.41, 5.74) is 1.77. The first kappa shape index (κ1) is 18.1. The van der Waals surface area contributed by atoms with Crippen molar-refractivity contribution < 1.29 is 9.59 Å². The predicted molar refractivity (Wildman–Crippen MR) is 100 cm³/mol. The molecule has 1 aromatic carbocycles. The maximum atomic E-state index is 12.6. The van der Waals surface area contributed by atoms with Crippen molar-refractivity contribution in [3.63, 3.8) is 0 Å². The van der Waals surface area contributed by atoms with Crippen LogP contribution in [-0.2, 0) is 6.42 Å². The number of pyridine rings is 1. The quantitative estimate of drug-likeness (QED) is 0.884. The molecule has 0 unspecified atom stereocenters. The van der Waals surface area contributed by atoms with Crippen molar-refractivity contribution in [1.29, 1.82) is 0 Å². The summed E-state index contributed by atoms with van der Waals surface area (Å²) in [6.45, 7) is 3.60. The molecular weight excluding hydrogens is 328 g/mol. The Balaban J connectivity index is 1.57. The van der Waals surface area contributed by atoms with Gasteiger partial charge in [-0.1, -0.05) is 36.4 Å². The molecule has 6 heteroatoms. The molecule has 1 N–H and O–H groups in total. The molecule has 136 valence electrons. The molecule has 1 aromatic heterocycles. The van der Waals surface area contributed by atoms with Gasteiger partial charge in [0.15, 0.2) is 0 Å². The Hall–Kier alpha value is -2.73. The molecule has 0 aliphatic carbocycles. The van der Waals surface area contributed by atoms with E-state index in [1.54, 1.807) is 23.1 Å². The van der Waals surface area contributed by atoms with E-state index in [1.807, 2.05) is 37.4 Å². The number of carbonyl (C=O) groups is 2. The van der Waals surface area contributed by atoms with Crippen LogP contribution in [0.15, 0.2) is 48.5 Å². The fourth-order valence-corrected chi connectivity index (χ4v) is 2.91. The molecule has 1 fully saturated rings. The average Bonchev–Trinajstić information content (AvgIpc) is 2.69. The fourth-order valence-electron chi connectivity index (χ4n) is 2.91. The second-order valence-electron chi connectivity index (χ2n) is 6.50. The van der Waals surface area contributed by atoms with Crippen LogP contribution in [0.25, 0.3) is 0 Å². The zero-order chi connectivity index (χ0) is 18.4. The lowest BCUT2D eigenvalue weighted by Gasteiger charge is -2.32. The Morgan fingerprint density at radius 3 is 2.38 bits per heavy atom. The molecule has 0 bridgehead atoms. The van der Waals surface area contributed by atoms with Gasteiger partial charge in [0.2, 0.25) is 0 Å². The third-order valence-corrected chi connectivity index (χ3v) is 4.53. The molecule has 6 nitrogen and oxygen atoms in total. The van der Waals surface area contributed by atoms with Crippen molar-refractivity contribution >= 4 is 11.8 Å². The molecule has 3 rings (SSSR count). The Labute approximate surface area is 153 Å². The minimum atomic E-state index is -0.256. The Bertz CT molecular complexity index is 755. The monoisotopic (exact) mass is 352 g/mol. The summed E-state index contributed by atoms with van der Waals surface area (Å²) in [5.74, 6) is -0.369. The molecule has 0 radical (unpaired) electrons. The first-order valence-electron chi connectivity index (χ1n) is 8.90. The number of nitrogens with one attached hydrogen (secondary N) is 1. The maximum absolute atomic E-state index is 12.6. The lowest BCUT2D eigenvalue weighted by atomic mass is 10.1. The summed E-state index contributed by atoms with van der Waals surface area (Å²) >= 11 is 0. The van der Waals surface area contributed by atoms with Crippen LogP contribution in [0.3, 0.4) is 0 Å². The molecule has 2 aromatic rings. The van der Waals surface area contributed by atoms with Gasteiger partial charge in [0, 0.05) is 32.7 Å². The highest BCUT2D eigenvalue weighted by Gasteiger charge is 2.22. The largest absolute Gasteiger partial charge is 0.350 e. The Morgan fingerprint density at radius 2 is 1.65 bits per heavy atom. The number of likely N-dealkylation sites (N-methyl/N-ethyl adjacent to an activating group) is 1. The maximum Gasteiger partial charge on any atom is 0.272 e. The second-order valence-corrected chi connectivity index (χ2v) is 6.50. The van der Waals surface area contributed by atoms with Gasteiger partial charge in [-0.15, -0.1) is 0 Å². The average molecular weight is 352 g/mol. The van der Waals surface area contributed by atoms with E-state index < -0.39 is 0 Å². The van der Waals surface area contributed by atoms with Crippen LogP contribution in [-0.4, -0.2) is 66.4 Å². The van der Waals surface area contributed by atoms with Crippen LogP contribution < -0.4 is 5.32 Å². The van der Waals surface area contributed by atoms with Gasteiger partial charge in [-0.3, -0.25) is 9.59 Å². The summed E-state index contributed by atoms with van der Waals surface area (Å²) < 4.78 is 0. The first-order valence-corrected chi connectivity index (χ1v) is 8.90. The molecular formula is C20H24N4O2. The molecule has 1 aliphatic rings. The molecule has 1 aliphatic heterocycles. The fraction of sp³-hybridized carbons (Fsp3) is 0.350. The van der Waals surface area contributed by atoms with Crippen LogP contribution >= 0.6 is 0 Å². The predicted octanol–water partition coefficient (Wildman–Crippen LogP) is 1.44. The van der Waals surface area contributed by atoms with E-state index in [0.717, 1.165) is 19.5 Å². The zero-order valence-corrected chi connectivity index (χ0v) is 15.0. The van der Waals surface area contributed by atoms with E-state index in [2.05, 4.69) is 15.2 Å². The summed E-state index contributed by atoms with van der Waals surface area (Å²) in [6.07, 6.45) is 0.756. The highest BCUT2D eigenvalue weighted by Crippen LogP contribution is 2.07.